The molecule has 1 aromatic rings. The lowest BCUT2D eigenvalue weighted by atomic mass is 10.2. The number of pyridine rings is 1. The minimum atomic E-state index is -4.51. The van der Waals surface area contributed by atoms with Gasteiger partial charge in [-0.25, -0.2) is 4.98 Å². The maximum Gasteiger partial charge on any atom is 0.420 e. The third-order valence-electron chi connectivity index (χ3n) is 1.33. The number of guanidine groups is 1. The number of nitrogens with two attached hydrogens (primary N) is 2. The van der Waals surface area contributed by atoms with E-state index in [1.54, 1.807) is 0 Å². The van der Waals surface area contributed by atoms with Crippen molar-refractivity contribution in [1.82, 2.24) is 4.98 Å². The number of halogens is 3. The van der Waals surface area contributed by atoms with Gasteiger partial charge in [0.1, 0.15) is 5.56 Å². The number of nitrogens with zero attached hydrogens (tertiary/aromatic N) is 2. The van der Waals surface area contributed by atoms with E-state index >= 15 is 0 Å². The van der Waals surface area contributed by atoms with Gasteiger partial charge < -0.3 is 11.5 Å². The van der Waals surface area contributed by atoms with Gasteiger partial charge in [-0.2, -0.15) is 18.2 Å². The fraction of sp³-hybridized carbons (Fsp3) is 0.143. The SMILES string of the molecule is NC(N)=Nc1ncccc1C(F)(F)F. The average molecular weight is 204 g/mol. The van der Waals surface area contributed by atoms with Crippen LogP contribution in [0.15, 0.2) is 23.3 Å². The van der Waals surface area contributed by atoms with Crippen molar-refractivity contribution in [3.05, 3.63) is 23.9 Å². The zero-order valence-electron chi connectivity index (χ0n) is 6.92. The second-order valence-electron chi connectivity index (χ2n) is 2.41. The van der Waals surface area contributed by atoms with Gasteiger partial charge in [0, 0.05) is 6.20 Å². The van der Waals surface area contributed by atoms with Crippen molar-refractivity contribution in [3.8, 4) is 0 Å². The Morgan fingerprint density at radius 3 is 2.50 bits per heavy atom. The highest BCUT2D eigenvalue weighted by Gasteiger charge is 2.34. The molecular weight excluding hydrogens is 197 g/mol. The van der Waals surface area contributed by atoms with Crippen molar-refractivity contribution in [2.24, 2.45) is 16.5 Å². The number of aliphatic imine (C=N–C) groups is 1. The minimum absolute atomic E-state index is 0.464. The van der Waals surface area contributed by atoms with Gasteiger partial charge in [0.25, 0.3) is 0 Å². The van der Waals surface area contributed by atoms with Crippen LogP contribution >= 0.6 is 0 Å². The molecule has 0 bridgehead atoms. The number of rotatable bonds is 1. The molecule has 1 aromatic heterocycles. The molecule has 1 heterocycles. The van der Waals surface area contributed by atoms with Crippen LogP contribution in [0.2, 0.25) is 0 Å². The number of hydrogen-bond donors (Lipinski definition) is 2. The topological polar surface area (TPSA) is 77.3 Å². The van der Waals surface area contributed by atoms with Crippen molar-refractivity contribution >= 4 is 11.8 Å². The molecule has 4 N–H and O–H groups in total. The van der Waals surface area contributed by atoms with Crippen LogP contribution in [0.1, 0.15) is 5.56 Å². The summed E-state index contributed by atoms with van der Waals surface area (Å²) in [5.41, 5.74) is 8.95. The third kappa shape index (κ3) is 2.35. The predicted octanol–water partition coefficient (Wildman–Crippen LogP) is 1.01. The van der Waals surface area contributed by atoms with Gasteiger partial charge in [-0.05, 0) is 12.1 Å². The molecule has 0 aliphatic heterocycles. The molecule has 0 radical (unpaired) electrons. The highest BCUT2D eigenvalue weighted by atomic mass is 19.4. The summed E-state index contributed by atoms with van der Waals surface area (Å²) in [4.78, 5) is 6.68. The molecule has 0 fully saturated rings. The molecular formula is C7H7F3N4. The summed E-state index contributed by atoms with van der Waals surface area (Å²) in [6.07, 6.45) is -3.33. The Morgan fingerprint density at radius 1 is 1.36 bits per heavy atom. The van der Waals surface area contributed by atoms with E-state index in [1.165, 1.54) is 6.20 Å². The van der Waals surface area contributed by atoms with Gasteiger partial charge in [-0.15, -0.1) is 0 Å². The van der Waals surface area contributed by atoms with Crippen LogP contribution in [-0.2, 0) is 6.18 Å². The molecule has 0 unspecified atom stereocenters. The van der Waals surface area contributed by atoms with E-state index in [4.69, 9.17) is 11.5 Å². The molecule has 0 atom stereocenters. The smallest absolute Gasteiger partial charge is 0.370 e. The second-order valence-corrected chi connectivity index (χ2v) is 2.41. The van der Waals surface area contributed by atoms with Crippen LogP contribution in [0.25, 0.3) is 0 Å². The number of hydrogen-bond acceptors (Lipinski definition) is 2. The van der Waals surface area contributed by atoms with E-state index in [-0.39, 0.29) is 0 Å². The van der Waals surface area contributed by atoms with Crippen molar-refractivity contribution in [2.75, 3.05) is 0 Å². The largest absolute Gasteiger partial charge is 0.420 e. The third-order valence-corrected chi connectivity index (χ3v) is 1.33. The van der Waals surface area contributed by atoms with Gasteiger partial charge in [0.05, 0.1) is 0 Å². The summed E-state index contributed by atoms with van der Waals surface area (Å²) in [7, 11) is 0. The van der Waals surface area contributed by atoms with Crippen LogP contribution in [-0.4, -0.2) is 10.9 Å². The molecule has 0 aromatic carbocycles. The first-order valence-electron chi connectivity index (χ1n) is 3.53. The molecule has 76 valence electrons. The molecule has 0 saturated carbocycles. The minimum Gasteiger partial charge on any atom is -0.370 e. The van der Waals surface area contributed by atoms with E-state index < -0.39 is 23.5 Å². The summed E-state index contributed by atoms with van der Waals surface area (Å²) in [5.74, 6) is -0.991. The Kier molecular flexibility index (Phi) is 2.59. The first-order chi connectivity index (χ1) is 6.41. The van der Waals surface area contributed by atoms with Gasteiger partial charge in [-0.1, -0.05) is 0 Å². The lowest BCUT2D eigenvalue weighted by Gasteiger charge is -2.07. The van der Waals surface area contributed by atoms with Crippen molar-refractivity contribution in [1.29, 1.82) is 0 Å². The van der Waals surface area contributed by atoms with E-state index in [2.05, 4.69) is 9.98 Å². The highest BCUT2D eigenvalue weighted by Crippen LogP contribution is 2.34. The van der Waals surface area contributed by atoms with Gasteiger partial charge in [0.2, 0.25) is 0 Å². The van der Waals surface area contributed by atoms with Crippen LogP contribution < -0.4 is 11.5 Å². The van der Waals surface area contributed by atoms with E-state index in [1.807, 2.05) is 0 Å². The lowest BCUT2D eigenvalue weighted by molar-refractivity contribution is -0.137. The zero-order chi connectivity index (χ0) is 10.8. The molecule has 0 saturated heterocycles. The molecule has 0 aliphatic rings. The molecule has 14 heavy (non-hydrogen) atoms. The van der Waals surface area contributed by atoms with Gasteiger partial charge in [-0.3, -0.25) is 0 Å². The first-order valence-corrected chi connectivity index (χ1v) is 3.53. The summed E-state index contributed by atoms with van der Waals surface area (Å²) < 4.78 is 36.9. The van der Waals surface area contributed by atoms with Crippen LogP contribution in [0.3, 0.4) is 0 Å². The maximum absolute atomic E-state index is 12.3. The molecule has 7 heteroatoms. The Bertz CT molecular complexity index is 354. The Hall–Kier alpha value is -1.79. The van der Waals surface area contributed by atoms with Crippen LogP contribution in [0, 0.1) is 0 Å². The normalized spacial score (nSPS) is 11.1. The second kappa shape index (κ2) is 3.52. The Morgan fingerprint density at radius 2 is 2.00 bits per heavy atom. The predicted molar refractivity (Wildman–Crippen MR) is 44.7 cm³/mol. The van der Waals surface area contributed by atoms with E-state index in [0.717, 1.165) is 12.1 Å². The summed E-state index contributed by atoms with van der Waals surface area (Å²) >= 11 is 0. The average Bonchev–Trinajstić information content (AvgIpc) is 2.01. The fourth-order valence-corrected chi connectivity index (χ4v) is 0.830. The van der Waals surface area contributed by atoms with Crippen LogP contribution in [0.5, 0.6) is 0 Å². The van der Waals surface area contributed by atoms with Gasteiger partial charge in [0.15, 0.2) is 11.8 Å². The Labute approximate surface area is 77.5 Å². The Balaban J connectivity index is 3.24. The molecule has 4 nitrogen and oxygen atoms in total. The monoisotopic (exact) mass is 204 g/mol. The standard InChI is InChI=1S/C7H7F3N4/c8-7(9,10)4-2-1-3-13-5(4)14-6(11)12/h1-3H,(H4,11,12,13,14). The maximum atomic E-state index is 12.3. The first kappa shape index (κ1) is 10.3. The quantitative estimate of drug-likeness (QED) is 0.529. The summed E-state index contributed by atoms with van der Waals surface area (Å²) in [6, 6.07) is 2.02. The number of aromatic nitrogens is 1. The molecule has 0 aliphatic carbocycles. The number of alkyl halides is 3. The molecule has 0 amide bonds. The summed E-state index contributed by atoms with van der Waals surface area (Å²) in [5, 5.41) is 0. The zero-order valence-corrected chi connectivity index (χ0v) is 6.92. The van der Waals surface area contributed by atoms with Crippen molar-refractivity contribution in [2.45, 2.75) is 6.18 Å². The van der Waals surface area contributed by atoms with Crippen molar-refractivity contribution < 1.29 is 13.2 Å². The highest BCUT2D eigenvalue weighted by molar-refractivity contribution is 5.78. The fourth-order valence-electron chi connectivity index (χ4n) is 0.830. The van der Waals surface area contributed by atoms with Crippen LogP contribution in [0.4, 0.5) is 19.0 Å². The molecule has 1 rings (SSSR count). The van der Waals surface area contributed by atoms with Crippen molar-refractivity contribution in [3.63, 3.8) is 0 Å². The lowest BCUT2D eigenvalue weighted by Crippen LogP contribution is -2.22. The van der Waals surface area contributed by atoms with Gasteiger partial charge >= 0.3 is 6.18 Å². The van der Waals surface area contributed by atoms with E-state index in [9.17, 15) is 13.2 Å². The molecule has 0 spiro atoms. The summed E-state index contributed by atoms with van der Waals surface area (Å²) in [6.45, 7) is 0. The van der Waals surface area contributed by atoms with E-state index in [0.29, 0.717) is 0 Å².